The summed E-state index contributed by atoms with van der Waals surface area (Å²) in [6.45, 7) is 0. The third kappa shape index (κ3) is 3.16. The van der Waals surface area contributed by atoms with Crippen molar-refractivity contribution in [3.05, 3.63) is 30.2 Å². The Hall–Kier alpha value is -2.77. The Morgan fingerprint density at radius 1 is 1.35 bits per heavy atom. The number of carboxylic acids is 2. The van der Waals surface area contributed by atoms with E-state index in [0.29, 0.717) is 10.9 Å². The average Bonchev–Trinajstić information content (AvgIpc) is 2.36. The number of fused-ring (bicyclic) bond motifs is 1. The maximum Gasteiger partial charge on any atom is 0.326 e. The molecule has 1 heterocycles. The van der Waals surface area contributed by atoms with Crippen LogP contribution in [0.25, 0.3) is 10.9 Å². The van der Waals surface area contributed by atoms with Crippen molar-refractivity contribution in [1.29, 1.82) is 0 Å². The predicted molar refractivity (Wildman–Crippen MR) is 66.8 cm³/mol. The van der Waals surface area contributed by atoms with Gasteiger partial charge in [-0.05, 0) is 12.1 Å². The van der Waals surface area contributed by atoms with E-state index in [-0.39, 0.29) is 5.95 Å². The summed E-state index contributed by atoms with van der Waals surface area (Å²) in [6.07, 6.45) is 0.768. The molecule has 0 bridgehead atoms. The number of halogens is 1. The normalized spacial score (nSPS) is 12.1. The first-order valence-electron chi connectivity index (χ1n) is 5.59. The van der Waals surface area contributed by atoms with E-state index in [1.807, 2.05) is 0 Å². The molecule has 8 heteroatoms. The molecule has 2 rings (SSSR count). The lowest BCUT2D eigenvalue weighted by atomic mass is 10.2. The number of carboxylic acid groups (broad SMARTS) is 2. The monoisotopic (exact) mass is 279 g/mol. The minimum absolute atomic E-state index is 0.0725. The Labute approximate surface area is 112 Å². The lowest BCUT2D eigenvalue weighted by Gasteiger charge is -2.12. The molecule has 1 atom stereocenters. The summed E-state index contributed by atoms with van der Waals surface area (Å²) in [5.74, 6) is -3.16. The number of hydrogen-bond acceptors (Lipinski definition) is 5. The van der Waals surface area contributed by atoms with Gasteiger partial charge in [-0.15, -0.1) is 0 Å². The summed E-state index contributed by atoms with van der Waals surface area (Å²) in [5, 5.41) is 20.5. The highest BCUT2D eigenvalue weighted by Crippen LogP contribution is 2.14. The minimum Gasteiger partial charge on any atom is -0.481 e. The van der Waals surface area contributed by atoms with Gasteiger partial charge in [0.1, 0.15) is 11.9 Å². The molecule has 104 valence electrons. The average molecular weight is 279 g/mol. The molecule has 7 nitrogen and oxygen atoms in total. The van der Waals surface area contributed by atoms with E-state index in [0.717, 1.165) is 0 Å². The highest BCUT2D eigenvalue weighted by molar-refractivity contribution is 5.83. The number of hydrogen-bond donors (Lipinski definition) is 3. The van der Waals surface area contributed by atoms with Gasteiger partial charge in [-0.25, -0.2) is 19.2 Å². The van der Waals surface area contributed by atoms with Crippen LogP contribution < -0.4 is 5.32 Å². The molecule has 0 radical (unpaired) electrons. The van der Waals surface area contributed by atoms with E-state index in [4.69, 9.17) is 10.2 Å². The van der Waals surface area contributed by atoms with Crippen molar-refractivity contribution in [2.75, 3.05) is 5.32 Å². The van der Waals surface area contributed by atoms with Gasteiger partial charge in [-0.3, -0.25) is 4.79 Å². The Morgan fingerprint density at radius 2 is 2.10 bits per heavy atom. The van der Waals surface area contributed by atoms with Crippen LogP contribution in [0.2, 0.25) is 0 Å². The molecule has 0 aliphatic rings. The Kier molecular flexibility index (Phi) is 3.74. The molecule has 0 saturated carbocycles. The Balaban J connectivity index is 2.27. The van der Waals surface area contributed by atoms with E-state index < -0.39 is 30.2 Å². The molecule has 20 heavy (non-hydrogen) atoms. The topological polar surface area (TPSA) is 112 Å². The van der Waals surface area contributed by atoms with Gasteiger partial charge in [-0.2, -0.15) is 0 Å². The van der Waals surface area contributed by atoms with Gasteiger partial charge in [-0.1, -0.05) is 0 Å². The van der Waals surface area contributed by atoms with Crippen molar-refractivity contribution in [2.45, 2.75) is 12.5 Å². The van der Waals surface area contributed by atoms with Crippen LogP contribution in [0, 0.1) is 5.82 Å². The molecule has 0 saturated heterocycles. The molecule has 0 aliphatic carbocycles. The van der Waals surface area contributed by atoms with E-state index in [2.05, 4.69) is 15.3 Å². The smallest absolute Gasteiger partial charge is 0.326 e. The van der Waals surface area contributed by atoms with Gasteiger partial charge in [0.25, 0.3) is 0 Å². The molecule has 0 aliphatic heterocycles. The fraction of sp³-hybridized carbons (Fsp3) is 0.167. The number of aliphatic carboxylic acids is 2. The van der Waals surface area contributed by atoms with E-state index in [1.54, 1.807) is 0 Å². The summed E-state index contributed by atoms with van der Waals surface area (Å²) < 4.78 is 13.1. The summed E-state index contributed by atoms with van der Waals surface area (Å²) >= 11 is 0. The second kappa shape index (κ2) is 5.47. The number of anilines is 1. The number of carbonyl (C=O) groups is 2. The molecule has 1 aromatic heterocycles. The molecule has 0 fully saturated rings. The zero-order chi connectivity index (χ0) is 14.7. The number of benzene rings is 1. The van der Waals surface area contributed by atoms with Crippen LogP contribution in [0.5, 0.6) is 0 Å². The number of rotatable bonds is 5. The fourth-order valence-electron chi connectivity index (χ4n) is 1.60. The third-order valence-electron chi connectivity index (χ3n) is 2.52. The first-order chi connectivity index (χ1) is 9.45. The number of nitrogens with one attached hydrogen (secondary N) is 1. The van der Waals surface area contributed by atoms with E-state index >= 15 is 0 Å². The first-order valence-corrected chi connectivity index (χ1v) is 5.59. The molecule has 0 spiro atoms. The fourth-order valence-corrected chi connectivity index (χ4v) is 1.60. The predicted octanol–water partition coefficient (Wildman–Crippen LogP) is 1.11. The van der Waals surface area contributed by atoms with Crippen molar-refractivity contribution >= 4 is 28.8 Å². The van der Waals surface area contributed by atoms with Crippen LogP contribution in [0.4, 0.5) is 10.3 Å². The van der Waals surface area contributed by atoms with Crippen molar-refractivity contribution < 1.29 is 24.2 Å². The van der Waals surface area contributed by atoms with Gasteiger partial charge in [0.05, 0.1) is 11.9 Å². The van der Waals surface area contributed by atoms with Gasteiger partial charge >= 0.3 is 11.9 Å². The number of aromatic nitrogens is 2. The van der Waals surface area contributed by atoms with Crippen molar-refractivity contribution in [3.63, 3.8) is 0 Å². The lowest BCUT2D eigenvalue weighted by Crippen LogP contribution is -2.32. The van der Waals surface area contributed by atoms with Crippen molar-refractivity contribution in [2.24, 2.45) is 0 Å². The van der Waals surface area contributed by atoms with Crippen LogP contribution in [0.3, 0.4) is 0 Å². The van der Waals surface area contributed by atoms with Crippen LogP contribution in [0.15, 0.2) is 24.4 Å². The zero-order valence-corrected chi connectivity index (χ0v) is 10.1. The summed E-state index contributed by atoms with van der Waals surface area (Å²) in [4.78, 5) is 29.3. The molecular formula is C12H10FN3O4. The van der Waals surface area contributed by atoms with Crippen molar-refractivity contribution in [1.82, 2.24) is 9.97 Å². The molecule has 1 aromatic carbocycles. The standard InChI is InChI=1S/C12H10FN3O4/c13-7-2-1-6-5-14-12(15-8(6)3-7)16-9(11(19)20)4-10(17)18/h1-3,5,9H,4H2,(H,17,18)(H,19,20)(H,14,15,16)/t9-/m1/s1. The van der Waals surface area contributed by atoms with Crippen LogP contribution in [-0.2, 0) is 9.59 Å². The van der Waals surface area contributed by atoms with Crippen molar-refractivity contribution in [3.8, 4) is 0 Å². The highest BCUT2D eigenvalue weighted by atomic mass is 19.1. The quantitative estimate of drug-likeness (QED) is 0.751. The second-order valence-electron chi connectivity index (χ2n) is 4.03. The first kappa shape index (κ1) is 13.7. The summed E-state index contributed by atoms with van der Waals surface area (Å²) in [5.41, 5.74) is 0.293. The zero-order valence-electron chi connectivity index (χ0n) is 10.1. The number of nitrogens with zero attached hydrogens (tertiary/aromatic N) is 2. The van der Waals surface area contributed by atoms with E-state index in [1.165, 1.54) is 24.4 Å². The minimum atomic E-state index is -1.36. The largest absolute Gasteiger partial charge is 0.481 e. The van der Waals surface area contributed by atoms with Gasteiger partial charge < -0.3 is 15.5 Å². The van der Waals surface area contributed by atoms with E-state index in [9.17, 15) is 14.0 Å². The molecule has 3 N–H and O–H groups in total. The summed E-state index contributed by atoms with van der Waals surface area (Å²) in [7, 11) is 0. The third-order valence-corrected chi connectivity index (χ3v) is 2.52. The molecule has 2 aromatic rings. The van der Waals surface area contributed by atoms with Crippen LogP contribution in [0.1, 0.15) is 6.42 Å². The second-order valence-corrected chi connectivity index (χ2v) is 4.03. The van der Waals surface area contributed by atoms with Gasteiger partial charge in [0.15, 0.2) is 0 Å². The SMILES string of the molecule is O=C(O)C[C@@H](Nc1ncc2ccc(F)cc2n1)C(=O)O. The Morgan fingerprint density at radius 3 is 2.75 bits per heavy atom. The summed E-state index contributed by atoms with van der Waals surface area (Å²) in [6, 6.07) is 2.55. The molecular weight excluding hydrogens is 269 g/mol. The maximum atomic E-state index is 13.1. The van der Waals surface area contributed by atoms with Gasteiger partial charge in [0, 0.05) is 17.6 Å². The van der Waals surface area contributed by atoms with Crippen LogP contribution in [-0.4, -0.2) is 38.2 Å². The lowest BCUT2D eigenvalue weighted by molar-refractivity contribution is -0.144. The van der Waals surface area contributed by atoms with Crippen LogP contribution >= 0.6 is 0 Å². The highest BCUT2D eigenvalue weighted by Gasteiger charge is 2.21. The molecule has 0 amide bonds. The van der Waals surface area contributed by atoms with Gasteiger partial charge in [0.2, 0.25) is 5.95 Å². The molecule has 0 unspecified atom stereocenters. The Bertz CT molecular complexity index is 677. The maximum absolute atomic E-state index is 13.1.